The average Bonchev–Trinajstić information content (AvgIpc) is 3.02. The summed E-state index contributed by atoms with van der Waals surface area (Å²) in [4.78, 5) is 8.06. The van der Waals surface area contributed by atoms with Crippen LogP contribution in [0.1, 0.15) is 44.1 Å². The van der Waals surface area contributed by atoms with E-state index in [0.717, 1.165) is 25.5 Å². The van der Waals surface area contributed by atoms with Gasteiger partial charge in [-0.25, -0.2) is 0 Å². The van der Waals surface area contributed by atoms with Crippen LogP contribution in [0.4, 0.5) is 0 Å². The van der Waals surface area contributed by atoms with E-state index in [0.29, 0.717) is 11.6 Å². The van der Waals surface area contributed by atoms with E-state index < -0.39 is 0 Å². The summed E-state index contributed by atoms with van der Waals surface area (Å²) in [6.07, 6.45) is 0. The Bertz CT molecular complexity index is 668. The first-order chi connectivity index (χ1) is 11.4. The molecule has 1 unspecified atom stereocenters. The van der Waals surface area contributed by atoms with Crippen LogP contribution in [0.15, 0.2) is 33.7 Å². The highest BCUT2D eigenvalue weighted by Gasteiger charge is 2.25. The first kappa shape index (κ1) is 20.2. The molecule has 1 N–H and O–H groups in total. The van der Waals surface area contributed by atoms with E-state index in [4.69, 9.17) is 4.52 Å². The van der Waals surface area contributed by atoms with Gasteiger partial charge in [0.15, 0.2) is 5.82 Å². The van der Waals surface area contributed by atoms with Crippen LogP contribution in [-0.4, -0.2) is 41.7 Å². The van der Waals surface area contributed by atoms with Crippen molar-refractivity contribution >= 4 is 24.2 Å². The fraction of sp³-hybridized carbons (Fsp3) is 0.556. The summed E-state index contributed by atoms with van der Waals surface area (Å²) in [7, 11) is 2.10. The number of thioether (sulfide) groups is 1. The summed E-state index contributed by atoms with van der Waals surface area (Å²) < 4.78 is 5.43. The molecule has 0 amide bonds. The van der Waals surface area contributed by atoms with Crippen LogP contribution in [0.25, 0.3) is 0 Å². The van der Waals surface area contributed by atoms with Gasteiger partial charge in [-0.3, -0.25) is 4.90 Å². The number of piperazine rings is 1. The predicted octanol–water partition coefficient (Wildman–Crippen LogP) is 3.66. The number of benzene rings is 1. The lowest BCUT2D eigenvalue weighted by Crippen LogP contribution is -2.44. The zero-order chi connectivity index (χ0) is 17.2. The molecular formula is C18H27ClN4OS. The van der Waals surface area contributed by atoms with Crippen molar-refractivity contribution in [1.82, 2.24) is 20.4 Å². The number of hydrogen-bond acceptors (Lipinski definition) is 6. The third-order valence-electron chi connectivity index (χ3n) is 4.38. The van der Waals surface area contributed by atoms with Crippen molar-refractivity contribution in [2.24, 2.45) is 0 Å². The molecule has 7 heteroatoms. The quantitative estimate of drug-likeness (QED) is 0.814. The highest BCUT2D eigenvalue weighted by Crippen LogP contribution is 2.27. The van der Waals surface area contributed by atoms with Crippen LogP contribution < -0.4 is 5.32 Å². The minimum atomic E-state index is 0. The number of hydrogen-bond donors (Lipinski definition) is 1. The van der Waals surface area contributed by atoms with Gasteiger partial charge in [0.2, 0.25) is 5.89 Å². The molecule has 138 valence electrons. The van der Waals surface area contributed by atoms with Crippen molar-refractivity contribution in [3.63, 3.8) is 0 Å². The number of likely N-dealkylation sites (N-methyl/N-ethyl adjacent to an activating group) is 1. The highest BCUT2D eigenvalue weighted by molar-refractivity contribution is 7.98. The summed E-state index contributed by atoms with van der Waals surface area (Å²) in [5.41, 5.74) is 1.53. The minimum absolute atomic E-state index is 0. The third kappa shape index (κ3) is 5.20. The number of nitrogens with zero attached hydrogens (tertiary/aromatic N) is 3. The lowest BCUT2D eigenvalue weighted by molar-refractivity contribution is 0.190. The van der Waals surface area contributed by atoms with Crippen molar-refractivity contribution in [1.29, 1.82) is 0 Å². The number of rotatable bonds is 4. The van der Waals surface area contributed by atoms with E-state index in [-0.39, 0.29) is 23.9 Å². The lowest BCUT2D eigenvalue weighted by atomic mass is 9.87. The largest absolute Gasteiger partial charge is 0.338 e. The molecule has 0 saturated carbocycles. The van der Waals surface area contributed by atoms with Gasteiger partial charge in [-0.1, -0.05) is 38.1 Å². The normalized spacial score (nSPS) is 18.8. The Morgan fingerprint density at radius 1 is 1.28 bits per heavy atom. The molecule has 5 nitrogen and oxygen atoms in total. The van der Waals surface area contributed by atoms with Crippen LogP contribution in [-0.2, 0) is 11.2 Å². The van der Waals surface area contributed by atoms with Gasteiger partial charge >= 0.3 is 0 Å². The van der Waals surface area contributed by atoms with Crippen LogP contribution >= 0.6 is 24.2 Å². The summed E-state index contributed by atoms with van der Waals surface area (Å²) >= 11 is 1.73. The van der Waals surface area contributed by atoms with Gasteiger partial charge in [-0.15, -0.1) is 24.2 Å². The fourth-order valence-corrected chi connectivity index (χ4v) is 3.49. The lowest BCUT2D eigenvalue weighted by Gasteiger charge is -2.30. The van der Waals surface area contributed by atoms with Gasteiger partial charge in [-0.05, 0) is 30.2 Å². The molecule has 1 aliphatic heterocycles. The Morgan fingerprint density at radius 2 is 2.00 bits per heavy atom. The maximum Gasteiger partial charge on any atom is 0.237 e. The zero-order valence-electron chi connectivity index (χ0n) is 15.3. The van der Waals surface area contributed by atoms with E-state index in [9.17, 15) is 0 Å². The van der Waals surface area contributed by atoms with Crippen molar-refractivity contribution in [2.45, 2.75) is 42.9 Å². The topological polar surface area (TPSA) is 54.2 Å². The molecule has 0 bridgehead atoms. The van der Waals surface area contributed by atoms with Crippen LogP contribution in [0.2, 0.25) is 0 Å². The monoisotopic (exact) mass is 382 g/mol. The molecule has 0 aliphatic carbocycles. The smallest absolute Gasteiger partial charge is 0.237 e. The maximum atomic E-state index is 5.43. The van der Waals surface area contributed by atoms with Crippen LogP contribution in [0.3, 0.4) is 0 Å². The molecule has 1 aliphatic rings. The van der Waals surface area contributed by atoms with E-state index in [1.165, 1.54) is 10.5 Å². The second-order valence-electron chi connectivity index (χ2n) is 7.31. The van der Waals surface area contributed by atoms with Crippen molar-refractivity contribution in [2.75, 3.05) is 26.7 Å². The average molecular weight is 383 g/mol. The third-order valence-corrected chi connectivity index (χ3v) is 5.37. The first-order valence-electron chi connectivity index (χ1n) is 8.40. The number of aromatic nitrogens is 2. The number of nitrogens with one attached hydrogen (secondary N) is 1. The van der Waals surface area contributed by atoms with E-state index in [1.807, 2.05) is 0 Å². The molecule has 2 aromatic rings. The zero-order valence-corrected chi connectivity index (χ0v) is 16.9. The van der Waals surface area contributed by atoms with Crippen molar-refractivity contribution in [3.8, 4) is 0 Å². The SMILES string of the molecule is CN1CCNCC1c1noc(CSc2ccc(C(C)(C)C)cc2)n1.Cl. The van der Waals surface area contributed by atoms with Crippen LogP contribution in [0, 0.1) is 0 Å². The van der Waals surface area contributed by atoms with Gasteiger partial charge in [0.1, 0.15) is 0 Å². The van der Waals surface area contributed by atoms with Gasteiger partial charge in [0, 0.05) is 24.5 Å². The van der Waals surface area contributed by atoms with Gasteiger partial charge in [0.05, 0.1) is 11.8 Å². The van der Waals surface area contributed by atoms with E-state index >= 15 is 0 Å². The first-order valence-corrected chi connectivity index (χ1v) is 9.39. The van der Waals surface area contributed by atoms with Crippen LogP contribution in [0.5, 0.6) is 0 Å². The second kappa shape index (κ2) is 8.54. The van der Waals surface area contributed by atoms with Gasteiger partial charge in [-0.2, -0.15) is 4.98 Å². The second-order valence-corrected chi connectivity index (χ2v) is 8.36. The summed E-state index contributed by atoms with van der Waals surface area (Å²) in [6, 6.07) is 8.93. The Morgan fingerprint density at radius 3 is 2.64 bits per heavy atom. The van der Waals surface area contributed by atoms with Gasteiger partial charge < -0.3 is 9.84 Å². The molecule has 0 radical (unpaired) electrons. The molecule has 3 rings (SSSR count). The molecule has 1 saturated heterocycles. The summed E-state index contributed by atoms with van der Waals surface area (Å²) in [6.45, 7) is 9.57. The van der Waals surface area contributed by atoms with Crippen molar-refractivity contribution in [3.05, 3.63) is 41.5 Å². The molecule has 0 spiro atoms. The Labute approximate surface area is 160 Å². The fourth-order valence-electron chi connectivity index (χ4n) is 2.75. The van der Waals surface area contributed by atoms with E-state index in [2.05, 4.69) is 72.4 Å². The molecule has 2 heterocycles. The Hall–Kier alpha value is -1.08. The molecule has 1 aromatic carbocycles. The summed E-state index contributed by atoms with van der Waals surface area (Å²) in [5.74, 6) is 2.17. The molecule has 1 fully saturated rings. The van der Waals surface area contributed by atoms with Crippen molar-refractivity contribution < 1.29 is 4.52 Å². The predicted molar refractivity (Wildman–Crippen MR) is 104 cm³/mol. The Balaban J connectivity index is 0.00000225. The number of halogens is 1. The Kier molecular flexibility index (Phi) is 6.91. The van der Waals surface area contributed by atoms with Gasteiger partial charge in [0.25, 0.3) is 0 Å². The summed E-state index contributed by atoms with van der Waals surface area (Å²) in [5, 5.41) is 7.55. The van der Waals surface area contributed by atoms with E-state index in [1.54, 1.807) is 11.8 Å². The standard InChI is InChI=1S/C18H26N4OS.ClH/c1-18(2,3)13-5-7-14(8-6-13)24-12-16-20-17(21-23-16)15-11-19-9-10-22(15)4;/h5-8,15,19H,9-12H2,1-4H3;1H. The maximum absolute atomic E-state index is 5.43. The molecular weight excluding hydrogens is 356 g/mol. The minimum Gasteiger partial charge on any atom is -0.338 e. The molecule has 25 heavy (non-hydrogen) atoms. The molecule has 1 aromatic heterocycles. The molecule has 1 atom stereocenters. The highest BCUT2D eigenvalue weighted by atomic mass is 35.5.